The SMILES string of the molecule is O=C(Cc1cncs1)c1cccs1. The summed E-state index contributed by atoms with van der Waals surface area (Å²) in [7, 11) is 0. The van der Waals surface area contributed by atoms with E-state index in [9.17, 15) is 4.79 Å². The largest absolute Gasteiger partial charge is 0.293 e. The van der Waals surface area contributed by atoms with E-state index in [0.717, 1.165) is 9.75 Å². The number of nitrogens with zero attached hydrogens (tertiary/aromatic N) is 1. The van der Waals surface area contributed by atoms with Crippen LogP contribution in [0.25, 0.3) is 0 Å². The molecule has 0 N–H and O–H groups in total. The summed E-state index contributed by atoms with van der Waals surface area (Å²) in [4.78, 5) is 17.3. The smallest absolute Gasteiger partial charge is 0.178 e. The Morgan fingerprint density at radius 3 is 3.00 bits per heavy atom. The summed E-state index contributed by atoms with van der Waals surface area (Å²) >= 11 is 3.01. The molecule has 2 rings (SSSR count). The molecule has 0 aliphatic heterocycles. The summed E-state index contributed by atoms with van der Waals surface area (Å²) in [5.74, 6) is 0.180. The van der Waals surface area contributed by atoms with Crippen molar-refractivity contribution in [2.75, 3.05) is 0 Å². The van der Waals surface area contributed by atoms with Gasteiger partial charge in [0, 0.05) is 17.5 Å². The lowest BCUT2D eigenvalue weighted by Crippen LogP contribution is -1.98. The highest BCUT2D eigenvalue weighted by molar-refractivity contribution is 7.12. The van der Waals surface area contributed by atoms with Crippen molar-refractivity contribution in [1.29, 1.82) is 0 Å². The van der Waals surface area contributed by atoms with E-state index < -0.39 is 0 Å². The first-order valence-electron chi connectivity index (χ1n) is 3.80. The van der Waals surface area contributed by atoms with Crippen molar-refractivity contribution in [2.45, 2.75) is 6.42 Å². The van der Waals surface area contributed by atoms with E-state index in [1.807, 2.05) is 17.5 Å². The second kappa shape index (κ2) is 3.81. The molecule has 2 aromatic heterocycles. The van der Waals surface area contributed by atoms with E-state index in [1.54, 1.807) is 11.7 Å². The Bertz CT molecular complexity index is 378. The fraction of sp³-hybridized carbons (Fsp3) is 0.111. The normalized spacial score (nSPS) is 10.2. The molecular formula is C9H7NOS2. The number of carbonyl (C=O) groups is 1. The number of Topliss-reactive ketones (excluding diaryl/α,β-unsaturated/α-hetero) is 1. The molecule has 4 heteroatoms. The number of thiophene rings is 1. The quantitative estimate of drug-likeness (QED) is 0.727. The third-order valence-electron chi connectivity index (χ3n) is 1.61. The molecule has 0 bridgehead atoms. The first-order valence-corrected chi connectivity index (χ1v) is 5.56. The second-order valence-corrected chi connectivity index (χ2v) is 4.46. The summed E-state index contributed by atoms with van der Waals surface area (Å²) in [5.41, 5.74) is 1.75. The molecule has 0 aliphatic carbocycles. The molecule has 13 heavy (non-hydrogen) atoms. The highest BCUT2D eigenvalue weighted by atomic mass is 32.1. The number of thiazole rings is 1. The minimum absolute atomic E-state index is 0.180. The predicted molar refractivity (Wildman–Crippen MR) is 54.5 cm³/mol. The maximum atomic E-state index is 11.6. The molecule has 2 heterocycles. The van der Waals surface area contributed by atoms with Crippen LogP contribution in [0.15, 0.2) is 29.2 Å². The van der Waals surface area contributed by atoms with E-state index in [2.05, 4.69) is 4.98 Å². The molecule has 0 radical (unpaired) electrons. The van der Waals surface area contributed by atoms with Crippen LogP contribution in [0.3, 0.4) is 0 Å². The molecule has 2 nitrogen and oxygen atoms in total. The maximum Gasteiger partial charge on any atom is 0.178 e. The van der Waals surface area contributed by atoms with Crippen molar-refractivity contribution in [3.8, 4) is 0 Å². The van der Waals surface area contributed by atoms with Crippen molar-refractivity contribution in [3.63, 3.8) is 0 Å². The fourth-order valence-electron chi connectivity index (χ4n) is 1.01. The highest BCUT2D eigenvalue weighted by Gasteiger charge is 2.08. The lowest BCUT2D eigenvalue weighted by atomic mass is 10.2. The first kappa shape index (κ1) is 8.59. The lowest BCUT2D eigenvalue weighted by Gasteiger charge is -1.92. The number of hydrogen-bond acceptors (Lipinski definition) is 4. The van der Waals surface area contributed by atoms with Gasteiger partial charge in [-0.2, -0.15) is 0 Å². The molecule has 0 fully saturated rings. The minimum Gasteiger partial charge on any atom is -0.293 e. The standard InChI is InChI=1S/C9H7NOS2/c11-8(9-2-1-3-12-9)4-7-5-10-6-13-7/h1-3,5-6H,4H2. The van der Waals surface area contributed by atoms with Gasteiger partial charge in [0.2, 0.25) is 0 Å². The van der Waals surface area contributed by atoms with Gasteiger partial charge in [0.25, 0.3) is 0 Å². The van der Waals surface area contributed by atoms with Crippen molar-refractivity contribution in [1.82, 2.24) is 4.98 Å². The van der Waals surface area contributed by atoms with E-state index in [0.29, 0.717) is 6.42 Å². The van der Waals surface area contributed by atoms with Gasteiger partial charge >= 0.3 is 0 Å². The van der Waals surface area contributed by atoms with Crippen molar-refractivity contribution in [2.24, 2.45) is 0 Å². The molecule has 0 saturated carbocycles. The summed E-state index contributed by atoms with van der Waals surface area (Å²) < 4.78 is 0. The van der Waals surface area contributed by atoms with Gasteiger partial charge in [0.15, 0.2) is 5.78 Å². The van der Waals surface area contributed by atoms with Crippen LogP contribution in [0, 0.1) is 0 Å². The Morgan fingerprint density at radius 1 is 1.46 bits per heavy atom. The van der Waals surface area contributed by atoms with Gasteiger partial charge in [-0.25, -0.2) is 0 Å². The molecule has 0 atom stereocenters. The zero-order valence-electron chi connectivity index (χ0n) is 6.77. The Balaban J connectivity index is 2.08. The van der Waals surface area contributed by atoms with Gasteiger partial charge in [0.05, 0.1) is 10.4 Å². The van der Waals surface area contributed by atoms with Crippen molar-refractivity contribution in [3.05, 3.63) is 39.0 Å². The van der Waals surface area contributed by atoms with Gasteiger partial charge in [-0.1, -0.05) is 6.07 Å². The van der Waals surface area contributed by atoms with Crippen LogP contribution < -0.4 is 0 Å². The fourth-order valence-corrected chi connectivity index (χ4v) is 2.27. The number of ketones is 1. The zero-order chi connectivity index (χ0) is 9.10. The molecule has 0 aliphatic rings. The van der Waals surface area contributed by atoms with Gasteiger partial charge in [-0.15, -0.1) is 22.7 Å². The molecule has 0 unspecified atom stereocenters. The molecule has 0 spiro atoms. The van der Waals surface area contributed by atoms with Crippen LogP contribution in [0.1, 0.15) is 14.5 Å². The molecular weight excluding hydrogens is 202 g/mol. The van der Waals surface area contributed by atoms with Crippen LogP contribution in [0.5, 0.6) is 0 Å². The molecule has 66 valence electrons. The van der Waals surface area contributed by atoms with Crippen LogP contribution in [-0.4, -0.2) is 10.8 Å². The minimum atomic E-state index is 0.180. The first-order chi connectivity index (χ1) is 6.36. The molecule has 0 saturated heterocycles. The Labute approximate surface area is 83.9 Å². The average molecular weight is 209 g/mol. The Kier molecular flexibility index (Phi) is 2.52. The van der Waals surface area contributed by atoms with Gasteiger partial charge in [0.1, 0.15) is 0 Å². The number of rotatable bonds is 3. The van der Waals surface area contributed by atoms with Gasteiger partial charge in [-0.3, -0.25) is 9.78 Å². The molecule has 0 amide bonds. The third kappa shape index (κ3) is 2.02. The van der Waals surface area contributed by atoms with E-state index >= 15 is 0 Å². The molecule has 2 aromatic rings. The Morgan fingerprint density at radius 2 is 2.38 bits per heavy atom. The Hall–Kier alpha value is -1.00. The summed E-state index contributed by atoms with van der Waals surface area (Å²) in [6.07, 6.45) is 2.22. The van der Waals surface area contributed by atoms with Gasteiger partial charge < -0.3 is 0 Å². The van der Waals surface area contributed by atoms with E-state index in [-0.39, 0.29) is 5.78 Å². The summed E-state index contributed by atoms with van der Waals surface area (Å²) in [5, 5.41) is 1.92. The van der Waals surface area contributed by atoms with Gasteiger partial charge in [-0.05, 0) is 11.4 Å². The maximum absolute atomic E-state index is 11.6. The highest BCUT2D eigenvalue weighted by Crippen LogP contribution is 2.14. The van der Waals surface area contributed by atoms with E-state index in [1.165, 1.54) is 22.7 Å². The number of aromatic nitrogens is 1. The molecule has 0 aromatic carbocycles. The second-order valence-electron chi connectivity index (χ2n) is 2.54. The number of carbonyl (C=O) groups excluding carboxylic acids is 1. The van der Waals surface area contributed by atoms with Crippen LogP contribution in [0.2, 0.25) is 0 Å². The topological polar surface area (TPSA) is 30.0 Å². The van der Waals surface area contributed by atoms with Crippen LogP contribution in [0.4, 0.5) is 0 Å². The number of hydrogen-bond donors (Lipinski definition) is 0. The van der Waals surface area contributed by atoms with E-state index in [4.69, 9.17) is 0 Å². The van der Waals surface area contributed by atoms with Crippen LogP contribution in [-0.2, 0) is 6.42 Å². The summed E-state index contributed by atoms with van der Waals surface area (Å²) in [6, 6.07) is 3.75. The lowest BCUT2D eigenvalue weighted by molar-refractivity contribution is 0.0997. The van der Waals surface area contributed by atoms with Crippen molar-refractivity contribution >= 4 is 28.5 Å². The summed E-state index contributed by atoms with van der Waals surface area (Å²) in [6.45, 7) is 0. The monoisotopic (exact) mass is 209 g/mol. The van der Waals surface area contributed by atoms with Crippen molar-refractivity contribution < 1.29 is 4.79 Å². The third-order valence-corrected chi connectivity index (χ3v) is 3.30. The average Bonchev–Trinajstić information content (AvgIpc) is 2.74. The predicted octanol–water partition coefficient (Wildman–Crippen LogP) is 2.63. The van der Waals surface area contributed by atoms with Crippen LogP contribution >= 0.6 is 22.7 Å². The zero-order valence-corrected chi connectivity index (χ0v) is 8.40.